The van der Waals surface area contributed by atoms with Crippen molar-refractivity contribution in [3.05, 3.63) is 28.7 Å². The molecule has 0 bridgehead atoms. The Morgan fingerprint density at radius 3 is 2.55 bits per heavy atom. The van der Waals surface area contributed by atoms with Crippen molar-refractivity contribution < 1.29 is 17.9 Å². The third-order valence-corrected chi connectivity index (χ3v) is 8.14. The summed E-state index contributed by atoms with van der Waals surface area (Å²) in [5, 5.41) is 2.96. The van der Waals surface area contributed by atoms with Gasteiger partial charge in [0.05, 0.1) is 16.9 Å². The number of piperidine rings is 1. The lowest BCUT2D eigenvalue weighted by Gasteiger charge is -2.31. The minimum absolute atomic E-state index is 0.0571. The van der Waals surface area contributed by atoms with Crippen molar-refractivity contribution in [2.75, 3.05) is 26.2 Å². The molecule has 1 N–H and O–H groups in total. The van der Waals surface area contributed by atoms with Crippen molar-refractivity contribution in [3.63, 3.8) is 0 Å². The van der Waals surface area contributed by atoms with Crippen molar-refractivity contribution >= 4 is 31.9 Å². The number of sulfonamides is 1. The molecular formula is C21H31BrN2O4S. The number of carbonyl (C=O) groups excluding carboxylic acids is 1. The molecule has 1 heterocycles. The molecular weight excluding hydrogens is 456 g/mol. The summed E-state index contributed by atoms with van der Waals surface area (Å²) >= 11 is 3.32. The van der Waals surface area contributed by atoms with E-state index in [9.17, 15) is 13.2 Å². The molecule has 0 spiro atoms. The van der Waals surface area contributed by atoms with Crippen molar-refractivity contribution in [1.29, 1.82) is 0 Å². The number of hydrogen-bond acceptors (Lipinski definition) is 4. The maximum Gasteiger partial charge on any atom is 0.243 e. The number of nitrogens with one attached hydrogen (secondary N) is 1. The Bertz CT molecular complexity index is 763. The molecule has 1 unspecified atom stereocenters. The maximum atomic E-state index is 12.9. The second-order valence-corrected chi connectivity index (χ2v) is 10.8. The van der Waals surface area contributed by atoms with Gasteiger partial charge in [-0.15, -0.1) is 0 Å². The molecule has 2 aliphatic rings. The van der Waals surface area contributed by atoms with Crippen LogP contribution >= 0.6 is 15.9 Å². The lowest BCUT2D eigenvalue weighted by atomic mass is 9.98. The van der Waals surface area contributed by atoms with Gasteiger partial charge in [0, 0.05) is 30.7 Å². The highest BCUT2D eigenvalue weighted by Gasteiger charge is 2.33. The van der Waals surface area contributed by atoms with Crippen LogP contribution in [0.4, 0.5) is 0 Å². The molecule has 1 atom stereocenters. The Morgan fingerprint density at radius 1 is 1.10 bits per heavy atom. The number of carbonyl (C=O) groups is 1. The average Bonchev–Trinajstić information content (AvgIpc) is 2.74. The minimum Gasteiger partial charge on any atom is -0.378 e. The Labute approximate surface area is 182 Å². The summed E-state index contributed by atoms with van der Waals surface area (Å²) < 4.78 is 33.9. The fourth-order valence-electron chi connectivity index (χ4n) is 4.04. The van der Waals surface area contributed by atoms with E-state index in [1.165, 1.54) is 23.6 Å². The molecule has 1 aliphatic heterocycles. The monoisotopic (exact) mass is 486 g/mol. The zero-order chi connectivity index (χ0) is 20.7. The summed E-state index contributed by atoms with van der Waals surface area (Å²) in [7, 11) is -3.57. The van der Waals surface area contributed by atoms with Gasteiger partial charge in [0.15, 0.2) is 0 Å². The molecule has 162 valence electrons. The number of hydrogen-bond donors (Lipinski definition) is 1. The highest BCUT2D eigenvalue weighted by Crippen LogP contribution is 2.25. The van der Waals surface area contributed by atoms with Gasteiger partial charge >= 0.3 is 0 Å². The van der Waals surface area contributed by atoms with Crippen molar-refractivity contribution in [3.8, 4) is 0 Å². The third-order valence-electron chi connectivity index (χ3n) is 5.73. The van der Waals surface area contributed by atoms with Crippen molar-refractivity contribution in [2.24, 2.45) is 5.92 Å². The van der Waals surface area contributed by atoms with Gasteiger partial charge in [-0.3, -0.25) is 4.79 Å². The van der Waals surface area contributed by atoms with Crippen molar-refractivity contribution in [2.45, 2.75) is 62.4 Å². The first-order valence-corrected chi connectivity index (χ1v) is 12.8. The largest absolute Gasteiger partial charge is 0.378 e. The second-order valence-electron chi connectivity index (χ2n) is 7.93. The van der Waals surface area contributed by atoms with E-state index in [0.29, 0.717) is 32.2 Å². The standard InChI is InChI=1S/C21H31BrN2O4S/c22-18-9-11-20(12-10-18)29(26,27)24-14-4-6-17(16-24)21(25)23-13-5-15-28-19-7-2-1-3-8-19/h9-12,17,19H,1-8,13-16H2,(H,23,25). The molecule has 0 radical (unpaired) electrons. The summed E-state index contributed by atoms with van der Waals surface area (Å²) in [6.45, 7) is 1.93. The topological polar surface area (TPSA) is 75.7 Å². The van der Waals surface area contributed by atoms with Crippen LogP contribution in [0.3, 0.4) is 0 Å². The predicted octanol–water partition coefficient (Wildman–Crippen LogP) is 3.71. The Kier molecular flexibility index (Phi) is 8.53. The summed E-state index contributed by atoms with van der Waals surface area (Å²) in [4.78, 5) is 12.8. The van der Waals surface area contributed by atoms with Crippen LogP contribution < -0.4 is 5.32 Å². The smallest absolute Gasteiger partial charge is 0.243 e. The van der Waals surface area contributed by atoms with Gasteiger partial charge in [-0.25, -0.2) is 8.42 Å². The van der Waals surface area contributed by atoms with Gasteiger partial charge < -0.3 is 10.1 Å². The maximum absolute atomic E-state index is 12.9. The SMILES string of the molecule is O=C(NCCCOC1CCCCC1)C1CCCN(S(=O)(=O)c2ccc(Br)cc2)C1. The summed E-state index contributed by atoms with van der Waals surface area (Å²) in [5.41, 5.74) is 0. The van der Waals surface area contributed by atoms with Gasteiger partial charge in [0.1, 0.15) is 0 Å². The van der Waals surface area contributed by atoms with E-state index in [1.54, 1.807) is 24.3 Å². The van der Waals surface area contributed by atoms with Gasteiger partial charge in [-0.05, 0) is 56.4 Å². The third kappa shape index (κ3) is 6.51. The molecule has 6 nitrogen and oxygen atoms in total. The van der Waals surface area contributed by atoms with Gasteiger partial charge in [-0.2, -0.15) is 4.31 Å². The van der Waals surface area contributed by atoms with Crippen LogP contribution in [0.5, 0.6) is 0 Å². The Hall–Kier alpha value is -0.960. The van der Waals surface area contributed by atoms with Gasteiger partial charge in [-0.1, -0.05) is 35.2 Å². The normalized spacial score (nSPS) is 21.8. The van der Waals surface area contributed by atoms with Crippen LogP contribution in [0.15, 0.2) is 33.6 Å². The lowest BCUT2D eigenvalue weighted by molar-refractivity contribution is -0.126. The van der Waals surface area contributed by atoms with Crippen LogP contribution in [-0.4, -0.2) is 51.0 Å². The molecule has 8 heteroatoms. The van der Waals surface area contributed by atoms with Crippen LogP contribution in [0.1, 0.15) is 51.4 Å². The van der Waals surface area contributed by atoms with E-state index in [2.05, 4.69) is 21.2 Å². The fourth-order valence-corrected chi connectivity index (χ4v) is 5.83. The first-order valence-electron chi connectivity index (χ1n) is 10.6. The van der Waals surface area contributed by atoms with Gasteiger partial charge in [0.2, 0.25) is 15.9 Å². The molecule has 0 aromatic heterocycles. The van der Waals surface area contributed by atoms with E-state index in [-0.39, 0.29) is 23.3 Å². The molecule has 1 aromatic rings. The van der Waals surface area contributed by atoms with E-state index in [4.69, 9.17) is 4.74 Å². The van der Waals surface area contributed by atoms with Crippen LogP contribution in [0.25, 0.3) is 0 Å². The number of nitrogens with zero attached hydrogens (tertiary/aromatic N) is 1. The highest BCUT2D eigenvalue weighted by atomic mass is 79.9. The summed E-state index contributed by atoms with van der Waals surface area (Å²) in [6.07, 6.45) is 8.70. The predicted molar refractivity (Wildman–Crippen MR) is 116 cm³/mol. The number of rotatable bonds is 8. The molecule has 1 saturated heterocycles. The van der Waals surface area contributed by atoms with Crippen LogP contribution in [0, 0.1) is 5.92 Å². The molecule has 1 aliphatic carbocycles. The first kappa shape index (κ1) is 22.7. The highest BCUT2D eigenvalue weighted by molar-refractivity contribution is 9.10. The lowest BCUT2D eigenvalue weighted by Crippen LogP contribution is -2.45. The molecule has 1 saturated carbocycles. The van der Waals surface area contributed by atoms with Crippen LogP contribution in [0.2, 0.25) is 0 Å². The van der Waals surface area contributed by atoms with Crippen LogP contribution in [-0.2, 0) is 19.6 Å². The molecule has 1 amide bonds. The number of halogens is 1. The average molecular weight is 487 g/mol. The van der Waals surface area contributed by atoms with Crippen molar-refractivity contribution in [1.82, 2.24) is 9.62 Å². The first-order chi connectivity index (χ1) is 14.0. The number of ether oxygens (including phenoxy) is 1. The van der Waals surface area contributed by atoms with E-state index < -0.39 is 10.0 Å². The number of amides is 1. The quantitative estimate of drug-likeness (QED) is 0.568. The van der Waals surface area contributed by atoms with E-state index >= 15 is 0 Å². The Balaban J connectivity index is 1.43. The zero-order valence-corrected chi connectivity index (χ0v) is 19.2. The molecule has 2 fully saturated rings. The summed E-state index contributed by atoms with van der Waals surface area (Å²) in [6, 6.07) is 6.62. The molecule has 29 heavy (non-hydrogen) atoms. The number of benzene rings is 1. The van der Waals surface area contributed by atoms with E-state index in [1.807, 2.05) is 0 Å². The summed E-state index contributed by atoms with van der Waals surface area (Å²) in [5.74, 6) is -0.355. The minimum atomic E-state index is -3.57. The van der Waals surface area contributed by atoms with Gasteiger partial charge in [0.25, 0.3) is 0 Å². The molecule has 1 aromatic carbocycles. The second kappa shape index (κ2) is 10.9. The Morgan fingerprint density at radius 2 is 1.83 bits per heavy atom. The molecule has 3 rings (SSSR count). The fraction of sp³-hybridized carbons (Fsp3) is 0.667. The van der Waals surface area contributed by atoms with E-state index in [0.717, 1.165) is 30.2 Å². The zero-order valence-electron chi connectivity index (χ0n) is 16.8.